The van der Waals surface area contributed by atoms with Crippen LogP contribution in [0.1, 0.15) is 31.2 Å². The van der Waals surface area contributed by atoms with Crippen molar-refractivity contribution in [2.75, 3.05) is 18.1 Å². The van der Waals surface area contributed by atoms with Gasteiger partial charge in [0.05, 0.1) is 23.9 Å². The minimum atomic E-state index is 0.184. The molecule has 0 radical (unpaired) electrons. The Hall–Kier alpha value is -1.65. The van der Waals surface area contributed by atoms with Crippen LogP contribution in [0.15, 0.2) is 30.5 Å². The first-order valence-electron chi connectivity index (χ1n) is 7.79. The van der Waals surface area contributed by atoms with Crippen LogP contribution >= 0.6 is 0 Å². The normalized spacial score (nSPS) is 19.7. The molecule has 1 aromatic carbocycles. The van der Waals surface area contributed by atoms with Gasteiger partial charge in [-0.15, -0.1) is 0 Å². The lowest BCUT2D eigenvalue weighted by molar-refractivity contribution is 0.255. The molecule has 0 aliphatic carbocycles. The van der Waals surface area contributed by atoms with Gasteiger partial charge in [0, 0.05) is 30.2 Å². The lowest BCUT2D eigenvalue weighted by atomic mass is 10.0. The van der Waals surface area contributed by atoms with Crippen LogP contribution in [0.25, 0.3) is 10.9 Å². The molecule has 1 saturated heterocycles. The third kappa shape index (κ3) is 2.74. The van der Waals surface area contributed by atoms with Crippen molar-refractivity contribution >= 4 is 16.6 Å². The van der Waals surface area contributed by atoms with Crippen LogP contribution in [0, 0.1) is 0 Å². The maximum Gasteiger partial charge on any atom is 0.0723 e. The van der Waals surface area contributed by atoms with Crippen molar-refractivity contribution in [3.8, 4) is 0 Å². The van der Waals surface area contributed by atoms with Gasteiger partial charge in [0.2, 0.25) is 0 Å². The summed E-state index contributed by atoms with van der Waals surface area (Å²) in [4.78, 5) is 6.87. The highest BCUT2D eigenvalue weighted by Gasteiger charge is 2.24. The van der Waals surface area contributed by atoms with E-state index in [4.69, 9.17) is 5.73 Å². The molecule has 1 unspecified atom stereocenters. The van der Waals surface area contributed by atoms with E-state index in [1.54, 1.807) is 0 Å². The van der Waals surface area contributed by atoms with Crippen LogP contribution in [0.2, 0.25) is 0 Å². The number of para-hydroxylation sites is 1. The van der Waals surface area contributed by atoms with Gasteiger partial charge in [-0.25, -0.2) is 0 Å². The third-order valence-electron chi connectivity index (χ3n) is 4.42. The van der Waals surface area contributed by atoms with Crippen molar-refractivity contribution < 1.29 is 5.11 Å². The van der Waals surface area contributed by atoms with Gasteiger partial charge in [-0.1, -0.05) is 31.0 Å². The molecule has 3 rings (SSSR count). The van der Waals surface area contributed by atoms with Gasteiger partial charge in [-0.2, -0.15) is 0 Å². The van der Waals surface area contributed by atoms with Crippen LogP contribution < -0.4 is 10.6 Å². The number of nitrogens with two attached hydrogens (primary N) is 1. The number of aliphatic hydroxyl groups is 1. The number of nitrogens with zero attached hydrogens (tertiary/aromatic N) is 2. The van der Waals surface area contributed by atoms with Gasteiger partial charge in [0.25, 0.3) is 0 Å². The highest BCUT2D eigenvalue weighted by atomic mass is 16.3. The number of rotatable bonds is 3. The zero-order chi connectivity index (χ0) is 14.7. The minimum Gasteiger partial charge on any atom is -0.394 e. The van der Waals surface area contributed by atoms with Crippen molar-refractivity contribution in [2.24, 2.45) is 5.73 Å². The van der Waals surface area contributed by atoms with Gasteiger partial charge >= 0.3 is 0 Å². The fourth-order valence-electron chi connectivity index (χ4n) is 3.32. The first-order valence-corrected chi connectivity index (χ1v) is 7.79. The van der Waals surface area contributed by atoms with E-state index in [1.165, 1.54) is 18.5 Å². The summed E-state index contributed by atoms with van der Waals surface area (Å²) < 4.78 is 0. The largest absolute Gasteiger partial charge is 0.394 e. The average Bonchev–Trinajstić information content (AvgIpc) is 2.78. The Kier molecular flexibility index (Phi) is 4.36. The van der Waals surface area contributed by atoms with Crippen LogP contribution in [-0.4, -0.2) is 29.3 Å². The molecule has 0 spiro atoms. The molecule has 3 N–H and O–H groups in total. The number of aromatic nitrogens is 1. The molecule has 0 amide bonds. The first kappa shape index (κ1) is 14.3. The zero-order valence-corrected chi connectivity index (χ0v) is 12.3. The molecule has 2 heterocycles. The molecule has 21 heavy (non-hydrogen) atoms. The topological polar surface area (TPSA) is 62.4 Å². The first-order chi connectivity index (χ1) is 10.3. The Labute approximate surface area is 125 Å². The number of fused-ring (bicyclic) bond motifs is 1. The second-order valence-corrected chi connectivity index (χ2v) is 5.73. The number of benzene rings is 1. The Balaban J connectivity index is 2.15. The second kappa shape index (κ2) is 6.41. The maximum atomic E-state index is 9.79. The Morgan fingerprint density at radius 2 is 2.10 bits per heavy atom. The maximum absolute atomic E-state index is 9.79. The van der Waals surface area contributed by atoms with E-state index in [2.05, 4.69) is 16.0 Å². The van der Waals surface area contributed by atoms with Crippen LogP contribution in [0.3, 0.4) is 0 Å². The summed E-state index contributed by atoms with van der Waals surface area (Å²) in [6.07, 6.45) is 6.50. The second-order valence-electron chi connectivity index (χ2n) is 5.73. The minimum absolute atomic E-state index is 0.184. The molecule has 112 valence electrons. The predicted molar refractivity (Wildman–Crippen MR) is 86.3 cm³/mol. The van der Waals surface area contributed by atoms with Crippen LogP contribution in [-0.2, 0) is 6.54 Å². The van der Waals surface area contributed by atoms with Gasteiger partial charge in [-0.3, -0.25) is 4.98 Å². The number of hydrogen-bond donors (Lipinski definition) is 2. The van der Waals surface area contributed by atoms with Crippen molar-refractivity contribution in [2.45, 2.75) is 38.3 Å². The molecule has 2 aromatic rings. The Morgan fingerprint density at radius 3 is 2.90 bits per heavy atom. The lowest BCUT2D eigenvalue weighted by Crippen LogP contribution is -2.38. The van der Waals surface area contributed by atoms with Gasteiger partial charge < -0.3 is 15.7 Å². The van der Waals surface area contributed by atoms with E-state index in [-0.39, 0.29) is 12.6 Å². The highest BCUT2D eigenvalue weighted by Crippen LogP contribution is 2.33. The summed E-state index contributed by atoms with van der Waals surface area (Å²) in [6, 6.07) is 8.37. The standard InChI is InChI=1S/C17H23N3O/c18-10-13-11-19-16-8-4-3-7-15(16)17(13)20-9-5-1-2-6-14(20)12-21/h3-4,7-8,11,14,21H,1-2,5-6,9-10,12,18H2. The SMILES string of the molecule is NCc1cnc2ccccc2c1N1CCCCCC1CO. The summed E-state index contributed by atoms with van der Waals surface area (Å²) in [5.41, 5.74) is 9.17. The van der Waals surface area contributed by atoms with Crippen molar-refractivity contribution in [1.82, 2.24) is 4.98 Å². The molecule has 1 aromatic heterocycles. The van der Waals surface area contributed by atoms with Crippen LogP contribution in [0.5, 0.6) is 0 Å². The van der Waals surface area contributed by atoms with Crippen molar-refractivity contribution in [3.63, 3.8) is 0 Å². The Morgan fingerprint density at radius 1 is 1.24 bits per heavy atom. The van der Waals surface area contributed by atoms with E-state index in [9.17, 15) is 5.11 Å². The molecule has 1 aliphatic rings. The molecule has 1 fully saturated rings. The van der Waals surface area contributed by atoms with Crippen molar-refractivity contribution in [1.29, 1.82) is 0 Å². The smallest absolute Gasteiger partial charge is 0.0723 e. The molecule has 0 saturated carbocycles. The summed E-state index contributed by atoms with van der Waals surface area (Å²) in [6.45, 7) is 1.65. The Bertz CT molecular complexity index is 614. The van der Waals surface area contributed by atoms with E-state index in [1.807, 2.05) is 24.4 Å². The monoisotopic (exact) mass is 285 g/mol. The van der Waals surface area contributed by atoms with E-state index in [0.717, 1.165) is 35.9 Å². The molecule has 1 aliphatic heterocycles. The summed E-state index contributed by atoms with van der Waals surface area (Å²) in [7, 11) is 0. The van der Waals surface area contributed by atoms with Gasteiger partial charge in [0.1, 0.15) is 0 Å². The fourth-order valence-corrected chi connectivity index (χ4v) is 3.32. The summed E-state index contributed by atoms with van der Waals surface area (Å²) in [5.74, 6) is 0. The van der Waals surface area contributed by atoms with Gasteiger partial charge in [-0.05, 0) is 18.9 Å². The predicted octanol–water partition coefficient (Wildman–Crippen LogP) is 2.43. The molecule has 1 atom stereocenters. The van der Waals surface area contributed by atoms with E-state index in [0.29, 0.717) is 6.54 Å². The number of aliphatic hydroxyl groups excluding tert-OH is 1. The molecule has 4 nitrogen and oxygen atoms in total. The molecular weight excluding hydrogens is 262 g/mol. The molecule has 4 heteroatoms. The lowest BCUT2D eigenvalue weighted by Gasteiger charge is -2.33. The number of hydrogen-bond acceptors (Lipinski definition) is 4. The number of pyridine rings is 1. The molecular formula is C17H23N3O. The summed E-state index contributed by atoms with van der Waals surface area (Å²) in [5, 5.41) is 10.9. The molecule has 0 bridgehead atoms. The third-order valence-corrected chi connectivity index (χ3v) is 4.42. The van der Waals surface area contributed by atoms with Gasteiger partial charge in [0.15, 0.2) is 0 Å². The average molecular weight is 285 g/mol. The zero-order valence-electron chi connectivity index (χ0n) is 12.3. The quantitative estimate of drug-likeness (QED) is 0.909. The van der Waals surface area contributed by atoms with E-state index < -0.39 is 0 Å². The van der Waals surface area contributed by atoms with Crippen LogP contribution in [0.4, 0.5) is 5.69 Å². The van der Waals surface area contributed by atoms with E-state index >= 15 is 0 Å². The number of anilines is 1. The van der Waals surface area contributed by atoms with Crippen molar-refractivity contribution in [3.05, 3.63) is 36.0 Å². The summed E-state index contributed by atoms with van der Waals surface area (Å²) >= 11 is 0. The fraction of sp³-hybridized carbons (Fsp3) is 0.471. The highest BCUT2D eigenvalue weighted by molar-refractivity contribution is 5.93.